The van der Waals surface area contributed by atoms with Crippen LogP contribution in [0.5, 0.6) is 0 Å². The topological polar surface area (TPSA) is 98.9 Å². The van der Waals surface area contributed by atoms with Crippen molar-refractivity contribution >= 4 is 22.6 Å². The third-order valence-electron chi connectivity index (χ3n) is 5.48. The molecule has 0 atom stereocenters. The fourth-order valence-corrected chi connectivity index (χ4v) is 4.06. The Labute approximate surface area is 162 Å². The first kappa shape index (κ1) is 17.1. The van der Waals surface area contributed by atoms with E-state index in [9.17, 15) is 0 Å². The SMILES string of the molecule is Cc1nc2ncc(-c3ccn4nc(N[C@H]5C[C@H](N)C5)ncc34)cc2n1C(C)C. The lowest BCUT2D eigenvalue weighted by Crippen LogP contribution is -2.44. The maximum Gasteiger partial charge on any atom is 0.241 e. The Bertz CT molecular complexity index is 1170. The van der Waals surface area contributed by atoms with E-state index in [2.05, 4.69) is 55.9 Å². The Kier molecular flexibility index (Phi) is 3.83. The predicted molar refractivity (Wildman–Crippen MR) is 109 cm³/mol. The molecule has 0 spiro atoms. The summed E-state index contributed by atoms with van der Waals surface area (Å²) in [5.41, 5.74) is 10.7. The van der Waals surface area contributed by atoms with Crippen LogP contribution in [0.2, 0.25) is 0 Å². The van der Waals surface area contributed by atoms with Gasteiger partial charge in [0.1, 0.15) is 5.82 Å². The molecule has 1 aliphatic rings. The summed E-state index contributed by atoms with van der Waals surface area (Å²) in [6, 6.07) is 5.20. The van der Waals surface area contributed by atoms with E-state index in [0.29, 0.717) is 24.1 Å². The summed E-state index contributed by atoms with van der Waals surface area (Å²) in [7, 11) is 0. The summed E-state index contributed by atoms with van der Waals surface area (Å²) >= 11 is 0. The van der Waals surface area contributed by atoms with E-state index >= 15 is 0 Å². The number of rotatable bonds is 4. The summed E-state index contributed by atoms with van der Waals surface area (Å²) in [5, 5.41) is 7.95. The Morgan fingerprint density at radius 3 is 2.75 bits per heavy atom. The second kappa shape index (κ2) is 6.27. The van der Waals surface area contributed by atoms with Crippen LogP contribution in [0.1, 0.15) is 38.6 Å². The van der Waals surface area contributed by atoms with E-state index in [1.54, 1.807) is 0 Å². The summed E-state index contributed by atoms with van der Waals surface area (Å²) in [6.07, 6.45) is 7.62. The fraction of sp³-hybridized carbons (Fsp3) is 0.400. The zero-order chi connectivity index (χ0) is 19.4. The first-order chi connectivity index (χ1) is 13.5. The van der Waals surface area contributed by atoms with Crippen LogP contribution >= 0.6 is 0 Å². The molecule has 0 bridgehead atoms. The fourth-order valence-electron chi connectivity index (χ4n) is 4.06. The molecular formula is C20H24N8. The smallest absolute Gasteiger partial charge is 0.241 e. The van der Waals surface area contributed by atoms with Crippen molar-refractivity contribution < 1.29 is 0 Å². The van der Waals surface area contributed by atoms with E-state index in [1.807, 2.05) is 30.0 Å². The molecule has 4 heterocycles. The first-order valence-electron chi connectivity index (χ1n) is 9.71. The Morgan fingerprint density at radius 1 is 1.18 bits per heavy atom. The van der Waals surface area contributed by atoms with Crippen molar-refractivity contribution in [1.82, 2.24) is 29.1 Å². The maximum absolute atomic E-state index is 5.85. The Hall–Kier alpha value is -3.00. The number of pyridine rings is 1. The summed E-state index contributed by atoms with van der Waals surface area (Å²) < 4.78 is 4.07. The molecule has 4 aromatic rings. The van der Waals surface area contributed by atoms with Gasteiger partial charge in [-0.15, -0.1) is 5.10 Å². The van der Waals surface area contributed by atoms with Crippen molar-refractivity contribution in [1.29, 1.82) is 0 Å². The minimum atomic E-state index is 0.296. The molecule has 0 saturated heterocycles. The van der Waals surface area contributed by atoms with Crippen molar-refractivity contribution in [2.45, 2.75) is 51.7 Å². The molecular weight excluding hydrogens is 352 g/mol. The lowest BCUT2D eigenvalue weighted by Gasteiger charge is -2.32. The summed E-state index contributed by atoms with van der Waals surface area (Å²) in [4.78, 5) is 13.7. The van der Waals surface area contributed by atoms with Gasteiger partial charge in [-0.3, -0.25) is 0 Å². The van der Waals surface area contributed by atoms with Crippen LogP contribution < -0.4 is 11.1 Å². The van der Waals surface area contributed by atoms with Gasteiger partial charge in [0.2, 0.25) is 5.95 Å². The number of hydrogen-bond acceptors (Lipinski definition) is 6. The average Bonchev–Trinajstić information content (AvgIpc) is 3.19. The monoisotopic (exact) mass is 376 g/mol. The number of hydrogen-bond donors (Lipinski definition) is 2. The molecule has 5 rings (SSSR count). The highest BCUT2D eigenvalue weighted by Crippen LogP contribution is 2.29. The summed E-state index contributed by atoms with van der Waals surface area (Å²) in [6.45, 7) is 6.34. The van der Waals surface area contributed by atoms with Gasteiger partial charge in [0.25, 0.3) is 0 Å². The van der Waals surface area contributed by atoms with Gasteiger partial charge in [-0.25, -0.2) is 19.5 Å². The molecule has 0 aromatic carbocycles. The molecule has 0 unspecified atom stereocenters. The second-order valence-corrected chi connectivity index (χ2v) is 7.90. The molecule has 28 heavy (non-hydrogen) atoms. The van der Waals surface area contributed by atoms with Crippen molar-refractivity contribution in [2.24, 2.45) is 5.73 Å². The van der Waals surface area contributed by atoms with Crippen LogP contribution in [0.4, 0.5) is 5.95 Å². The lowest BCUT2D eigenvalue weighted by molar-refractivity contribution is 0.371. The molecule has 1 saturated carbocycles. The van der Waals surface area contributed by atoms with Crippen molar-refractivity contribution in [3.63, 3.8) is 0 Å². The van der Waals surface area contributed by atoms with Gasteiger partial charge in [0, 0.05) is 41.6 Å². The third-order valence-corrected chi connectivity index (χ3v) is 5.48. The van der Waals surface area contributed by atoms with Gasteiger partial charge in [-0.05, 0) is 45.7 Å². The van der Waals surface area contributed by atoms with Gasteiger partial charge in [-0.1, -0.05) is 0 Å². The van der Waals surface area contributed by atoms with Crippen molar-refractivity contribution in [3.05, 3.63) is 36.5 Å². The lowest BCUT2D eigenvalue weighted by atomic mass is 9.88. The van der Waals surface area contributed by atoms with Crippen molar-refractivity contribution in [3.8, 4) is 11.1 Å². The number of nitrogens with two attached hydrogens (primary N) is 1. The first-order valence-corrected chi connectivity index (χ1v) is 9.71. The highest BCUT2D eigenvalue weighted by Gasteiger charge is 2.26. The van der Waals surface area contributed by atoms with Gasteiger partial charge in [0.15, 0.2) is 5.65 Å². The van der Waals surface area contributed by atoms with Gasteiger partial charge < -0.3 is 15.6 Å². The minimum absolute atomic E-state index is 0.296. The van der Waals surface area contributed by atoms with Gasteiger partial charge in [-0.2, -0.15) is 0 Å². The highest BCUT2D eigenvalue weighted by atomic mass is 15.3. The van der Waals surface area contributed by atoms with Crippen LogP contribution in [0.3, 0.4) is 0 Å². The van der Waals surface area contributed by atoms with Gasteiger partial charge in [0.05, 0.1) is 17.2 Å². The number of nitrogens with zero attached hydrogens (tertiary/aromatic N) is 6. The molecule has 1 aliphatic carbocycles. The molecule has 8 nitrogen and oxygen atoms in total. The minimum Gasteiger partial charge on any atom is -0.350 e. The van der Waals surface area contributed by atoms with Crippen LogP contribution in [0.25, 0.3) is 27.8 Å². The van der Waals surface area contributed by atoms with E-state index in [0.717, 1.165) is 46.5 Å². The van der Waals surface area contributed by atoms with E-state index in [-0.39, 0.29) is 0 Å². The molecule has 0 amide bonds. The molecule has 8 heteroatoms. The van der Waals surface area contributed by atoms with Crippen LogP contribution in [0, 0.1) is 6.92 Å². The van der Waals surface area contributed by atoms with Crippen LogP contribution in [0.15, 0.2) is 30.7 Å². The Morgan fingerprint density at radius 2 is 2.00 bits per heavy atom. The standard InChI is InChI=1S/C20H24N8/c1-11(2)28-12(3)24-19-17(28)6-13(9-22-19)16-4-5-27-18(16)10-23-20(26-27)25-15-7-14(21)8-15/h4-6,9-11,14-15H,7-8,21H2,1-3H3,(H,25,26)/t14-,15-. The quantitative estimate of drug-likeness (QED) is 0.568. The number of aromatic nitrogens is 6. The Balaban J connectivity index is 1.53. The molecule has 3 N–H and O–H groups in total. The number of aryl methyl sites for hydroxylation is 1. The largest absolute Gasteiger partial charge is 0.350 e. The zero-order valence-electron chi connectivity index (χ0n) is 16.3. The normalized spacial score (nSPS) is 19.5. The van der Waals surface area contributed by atoms with E-state index < -0.39 is 0 Å². The number of nitrogens with one attached hydrogen (secondary N) is 1. The van der Waals surface area contributed by atoms with E-state index in [4.69, 9.17) is 5.73 Å². The number of fused-ring (bicyclic) bond motifs is 2. The van der Waals surface area contributed by atoms with Crippen molar-refractivity contribution in [2.75, 3.05) is 5.32 Å². The summed E-state index contributed by atoms with van der Waals surface area (Å²) in [5.74, 6) is 1.61. The highest BCUT2D eigenvalue weighted by molar-refractivity contribution is 5.85. The molecule has 4 aromatic heterocycles. The third kappa shape index (κ3) is 2.72. The predicted octanol–water partition coefficient (Wildman–Crippen LogP) is 2.93. The number of imidazole rings is 1. The maximum atomic E-state index is 5.85. The second-order valence-electron chi connectivity index (χ2n) is 7.90. The van der Waals surface area contributed by atoms with Gasteiger partial charge >= 0.3 is 0 Å². The number of anilines is 1. The van der Waals surface area contributed by atoms with E-state index in [1.165, 1.54) is 0 Å². The van der Waals surface area contributed by atoms with Crippen LogP contribution in [-0.4, -0.2) is 41.2 Å². The molecule has 144 valence electrons. The average molecular weight is 376 g/mol. The van der Waals surface area contributed by atoms with Crippen LogP contribution in [-0.2, 0) is 0 Å². The molecule has 1 fully saturated rings. The molecule has 0 aliphatic heterocycles. The zero-order valence-corrected chi connectivity index (χ0v) is 16.3. The molecule has 0 radical (unpaired) electrons.